The van der Waals surface area contributed by atoms with E-state index in [1.807, 2.05) is 18.7 Å². The molecule has 1 rings (SSSR count). The van der Waals surface area contributed by atoms with E-state index >= 15 is 0 Å². The van der Waals surface area contributed by atoms with Gasteiger partial charge in [-0.05, 0) is 26.3 Å². The molecule has 0 aliphatic carbocycles. The van der Waals surface area contributed by atoms with Gasteiger partial charge >= 0.3 is 0 Å². The van der Waals surface area contributed by atoms with Gasteiger partial charge in [-0.25, -0.2) is 0 Å². The van der Waals surface area contributed by atoms with E-state index < -0.39 is 0 Å². The normalized spacial score (nSPS) is 28.4. The molecule has 1 aliphatic rings. The third-order valence-electron chi connectivity index (χ3n) is 2.55. The van der Waals surface area contributed by atoms with Gasteiger partial charge in [-0.2, -0.15) is 0 Å². The van der Waals surface area contributed by atoms with Gasteiger partial charge in [0.15, 0.2) is 0 Å². The second-order valence-electron chi connectivity index (χ2n) is 3.70. The molecular weight excluding hydrogens is 178 g/mol. The monoisotopic (exact) mass is 197 g/mol. The first-order valence-electron chi connectivity index (χ1n) is 5.24. The van der Waals surface area contributed by atoms with Crippen molar-refractivity contribution in [1.29, 1.82) is 0 Å². The fraction of sp³-hybridized carbons (Fsp3) is 0.727. The van der Waals surface area contributed by atoms with Crippen molar-refractivity contribution in [3.63, 3.8) is 0 Å². The Balaban J connectivity index is 2.60. The summed E-state index contributed by atoms with van der Waals surface area (Å²) in [4.78, 5) is 13.5. The molecule has 3 heteroatoms. The fourth-order valence-electron chi connectivity index (χ4n) is 1.61. The summed E-state index contributed by atoms with van der Waals surface area (Å²) in [5.41, 5.74) is 0. The van der Waals surface area contributed by atoms with Gasteiger partial charge < -0.3 is 9.64 Å². The van der Waals surface area contributed by atoms with Crippen LogP contribution in [0.4, 0.5) is 0 Å². The molecule has 80 valence electrons. The van der Waals surface area contributed by atoms with Crippen LogP contribution in [0.1, 0.15) is 27.2 Å². The first-order valence-corrected chi connectivity index (χ1v) is 5.24. The van der Waals surface area contributed by atoms with E-state index in [2.05, 4.69) is 6.92 Å². The van der Waals surface area contributed by atoms with Crippen LogP contribution in [0.3, 0.4) is 0 Å². The maximum Gasteiger partial charge on any atom is 0.246 e. The number of hydrogen-bond acceptors (Lipinski definition) is 2. The lowest BCUT2D eigenvalue weighted by atomic mass is 10.1. The summed E-state index contributed by atoms with van der Waals surface area (Å²) in [7, 11) is 0. The molecule has 14 heavy (non-hydrogen) atoms. The van der Waals surface area contributed by atoms with Crippen molar-refractivity contribution < 1.29 is 9.53 Å². The number of rotatable bonds is 2. The van der Waals surface area contributed by atoms with E-state index in [-0.39, 0.29) is 18.1 Å². The Morgan fingerprint density at radius 1 is 1.64 bits per heavy atom. The highest BCUT2D eigenvalue weighted by molar-refractivity contribution is 5.87. The molecule has 1 amide bonds. The topological polar surface area (TPSA) is 29.5 Å². The van der Waals surface area contributed by atoms with E-state index in [1.54, 1.807) is 12.2 Å². The van der Waals surface area contributed by atoms with Gasteiger partial charge in [0.2, 0.25) is 5.91 Å². The van der Waals surface area contributed by atoms with Gasteiger partial charge in [-0.3, -0.25) is 4.79 Å². The van der Waals surface area contributed by atoms with Crippen LogP contribution in [-0.4, -0.2) is 36.1 Å². The zero-order valence-corrected chi connectivity index (χ0v) is 9.19. The Bertz CT molecular complexity index is 225. The first-order chi connectivity index (χ1) is 6.69. The smallest absolute Gasteiger partial charge is 0.246 e. The van der Waals surface area contributed by atoms with E-state index in [1.165, 1.54) is 0 Å². The third-order valence-corrected chi connectivity index (χ3v) is 2.55. The Hall–Kier alpha value is -0.830. The summed E-state index contributed by atoms with van der Waals surface area (Å²) < 4.78 is 5.58. The molecule has 0 aromatic rings. The molecule has 1 fully saturated rings. The molecule has 1 saturated heterocycles. The zero-order valence-electron chi connectivity index (χ0n) is 9.19. The molecule has 3 nitrogen and oxygen atoms in total. The maximum absolute atomic E-state index is 11.7. The van der Waals surface area contributed by atoms with Crippen LogP contribution in [0.25, 0.3) is 0 Å². The van der Waals surface area contributed by atoms with E-state index in [0.717, 1.165) is 13.0 Å². The number of amides is 1. The Morgan fingerprint density at radius 3 is 2.93 bits per heavy atom. The third kappa shape index (κ3) is 2.58. The van der Waals surface area contributed by atoms with Gasteiger partial charge in [0.1, 0.15) is 0 Å². The molecule has 2 unspecified atom stereocenters. The second kappa shape index (κ2) is 5.15. The van der Waals surface area contributed by atoms with Crippen molar-refractivity contribution in [2.75, 3.05) is 13.2 Å². The average molecular weight is 197 g/mol. The van der Waals surface area contributed by atoms with Crippen LogP contribution in [0.2, 0.25) is 0 Å². The van der Waals surface area contributed by atoms with Crippen LogP contribution in [0, 0.1) is 0 Å². The standard InChI is InChI=1S/C11H19NO2/c1-4-6-11(13)12-7-10(5-2)14-8-9(12)3/h4,6,9-10H,5,7-8H2,1-3H3/b6-4+. The highest BCUT2D eigenvalue weighted by atomic mass is 16.5. The molecule has 0 spiro atoms. The van der Waals surface area contributed by atoms with Gasteiger partial charge in [-0.15, -0.1) is 0 Å². The number of carbonyl (C=O) groups excluding carboxylic acids is 1. The highest BCUT2D eigenvalue weighted by Gasteiger charge is 2.27. The number of morpholine rings is 1. The lowest BCUT2D eigenvalue weighted by Crippen LogP contribution is -2.50. The van der Waals surface area contributed by atoms with Crippen molar-refractivity contribution in [1.82, 2.24) is 4.90 Å². The van der Waals surface area contributed by atoms with Crippen molar-refractivity contribution in [3.05, 3.63) is 12.2 Å². The molecule has 0 aromatic carbocycles. The number of ether oxygens (including phenoxy) is 1. The van der Waals surface area contributed by atoms with Crippen LogP contribution >= 0.6 is 0 Å². The van der Waals surface area contributed by atoms with Crippen LogP contribution < -0.4 is 0 Å². The second-order valence-corrected chi connectivity index (χ2v) is 3.70. The quantitative estimate of drug-likeness (QED) is 0.629. The van der Waals surface area contributed by atoms with E-state index in [0.29, 0.717) is 6.61 Å². The van der Waals surface area contributed by atoms with Gasteiger partial charge in [0, 0.05) is 6.54 Å². The Kier molecular flexibility index (Phi) is 4.14. The predicted octanol–water partition coefficient (Wildman–Crippen LogP) is 1.59. The lowest BCUT2D eigenvalue weighted by molar-refractivity contribution is -0.138. The van der Waals surface area contributed by atoms with Crippen LogP contribution in [-0.2, 0) is 9.53 Å². The highest BCUT2D eigenvalue weighted by Crippen LogP contribution is 2.14. The molecule has 0 aromatic heterocycles. The zero-order chi connectivity index (χ0) is 10.6. The minimum atomic E-state index is 0.0988. The Morgan fingerprint density at radius 2 is 2.36 bits per heavy atom. The number of hydrogen-bond donors (Lipinski definition) is 0. The SMILES string of the molecule is C/C=C/C(=O)N1CC(CC)OCC1C. The van der Waals surface area contributed by atoms with E-state index in [4.69, 9.17) is 4.74 Å². The van der Waals surface area contributed by atoms with E-state index in [9.17, 15) is 4.79 Å². The molecule has 0 saturated carbocycles. The number of allylic oxidation sites excluding steroid dienone is 1. The molecule has 0 N–H and O–H groups in total. The summed E-state index contributed by atoms with van der Waals surface area (Å²) in [6, 6.07) is 0.196. The minimum Gasteiger partial charge on any atom is -0.374 e. The summed E-state index contributed by atoms with van der Waals surface area (Å²) in [5, 5.41) is 0. The molecular formula is C11H19NO2. The molecule has 0 radical (unpaired) electrons. The number of carbonyl (C=O) groups is 1. The maximum atomic E-state index is 11.7. The van der Waals surface area contributed by atoms with Crippen molar-refractivity contribution >= 4 is 5.91 Å². The summed E-state index contributed by atoms with van der Waals surface area (Å²) >= 11 is 0. The fourth-order valence-corrected chi connectivity index (χ4v) is 1.61. The Labute approximate surface area is 85.7 Å². The predicted molar refractivity (Wildman–Crippen MR) is 56.0 cm³/mol. The van der Waals surface area contributed by atoms with Crippen molar-refractivity contribution in [3.8, 4) is 0 Å². The first kappa shape index (κ1) is 11.2. The average Bonchev–Trinajstić information content (AvgIpc) is 2.19. The van der Waals surface area contributed by atoms with Crippen LogP contribution in [0.5, 0.6) is 0 Å². The van der Waals surface area contributed by atoms with Crippen molar-refractivity contribution in [2.45, 2.75) is 39.3 Å². The van der Waals surface area contributed by atoms with Crippen LogP contribution in [0.15, 0.2) is 12.2 Å². The largest absolute Gasteiger partial charge is 0.374 e. The summed E-state index contributed by atoms with van der Waals surface area (Å²) in [5.74, 6) is 0.0988. The summed E-state index contributed by atoms with van der Waals surface area (Å²) in [6.45, 7) is 7.34. The number of nitrogens with zero attached hydrogens (tertiary/aromatic N) is 1. The summed E-state index contributed by atoms with van der Waals surface area (Å²) in [6.07, 6.45) is 4.58. The van der Waals surface area contributed by atoms with Crippen molar-refractivity contribution in [2.24, 2.45) is 0 Å². The van der Waals surface area contributed by atoms with Gasteiger partial charge in [0.25, 0.3) is 0 Å². The van der Waals surface area contributed by atoms with Gasteiger partial charge in [0.05, 0.1) is 18.8 Å². The molecule has 1 heterocycles. The minimum absolute atomic E-state index is 0.0988. The molecule has 2 atom stereocenters. The molecule has 1 aliphatic heterocycles. The lowest BCUT2D eigenvalue weighted by Gasteiger charge is -2.37. The van der Waals surface area contributed by atoms with Gasteiger partial charge in [-0.1, -0.05) is 13.0 Å². The molecule has 0 bridgehead atoms.